The maximum atomic E-state index is 2.45. The summed E-state index contributed by atoms with van der Waals surface area (Å²) >= 11 is 0. The normalized spacial score (nSPS) is 12.5. The minimum atomic E-state index is 1.02. The number of rotatable bonds is 2. The fourth-order valence-electron chi connectivity index (χ4n) is 4.26. The van der Waals surface area contributed by atoms with Crippen LogP contribution in [0.2, 0.25) is 0 Å². The first-order chi connectivity index (χ1) is 13.2. The molecular formula is C25H23N2+. The van der Waals surface area contributed by atoms with Crippen molar-refractivity contribution in [2.45, 2.75) is 26.8 Å². The topological polar surface area (TPSA) is 8.81 Å². The lowest BCUT2D eigenvalue weighted by Gasteiger charge is -2.15. The molecule has 1 aliphatic heterocycles. The Labute approximate surface area is 160 Å². The number of imidazole rings is 1. The van der Waals surface area contributed by atoms with Gasteiger partial charge in [0.05, 0.1) is 12.1 Å². The van der Waals surface area contributed by atoms with Gasteiger partial charge in [0.2, 0.25) is 0 Å². The largest absolute Gasteiger partial charge is 0.294 e. The summed E-state index contributed by atoms with van der Waals surface area (Å²) in [5.41, 5.74) is 9.11. The number of hydrogen-bond donors (Lipinski definition) is 0. The van der Waals surface area contributed by atoms with Gasteiger partial charge in [0.1, 0.15) is 11.9 Å². The van der Waals surface area contributed by atoms with Crippen LogP contribution in [0.4, 0.5) is 0 Å². The molecule has 0 saturated carbocycles. The van der Waals surface area contributed by atoms with Crippen LogP contribution in [0.1, 0.15) is 16.7 Å². The molecule has 2 heteroatoms. The lowest BCUT2D eigenvalue weighted by atomic mass is 10.0. The van der Waals surface area contributed by atoms with Gasteiger partial charge in [-0.3, -0.25) is 0 Å². The van der Waals surface area contributed by atoms with E-state index in [1.165, 1.54) is 45.0 Å². The fourth-order valence-corrected chi connectivity index (χ4v) is 4.26. The molecule has 2 nitrogen and oxygen atoms in total. The van der Waals surface area contributed by atoms with Gasteiger partial charge < -0.3 is 0 Å². The Kier molecular flexibility index (Phi) is 3.71. The molecule has 0 atom stereocenters. The Hall–Kier alpha value is -3.13. The second-order valence-electron chi connectivity index (χ2n) is 7.43. The Bertz CT molecular complexity index is 1140. The maximum Gasteiger partial charge on any atom is 0.294 e. The highest BCUT2D eigenvalue weighted by atomic mass is 15.2. The zero-order chi connectivity index (χ0) is 18.4. The first kappa shape index (κ1) is 16.1. The first-order valence-corrected chi connectivity index (χ1v) is 9.59. The Morgan fingerprint density at radius 2 is 1.63 bits per heavy atom. The summed E-state index contributed by atoms with van der Waals surface area (Å²) in [4.78, 5) is 0. The van der Waals surface area contributed by atoms with Gasteiger partial charge in [-0.05, 0) is 37.1 Å². The molecular weight excluding hydrogens is 328 g/mol. The van der Waals surface area contributed by atoms with Crippen molar-refractivity contribution in [2.75, 3.05) is 0 Å². The van der Waals surface area contributed by atoms with Crippen molar-refractivity contribution in [3.8, 4) is 28.3 Å². The van der Waals surface area contributed by atoms with Crippen LogP contribution in [-0.4, -0.2) is 4.57 Å². The third-order valence-corrected chi connectivity index (χ3v) is 5.55. The van der Waals surface area contributed by atoms with Crippen LogP contribution in [0.3, 0.4) is 0 Å². The molecule has 0 amide bonds. The van der Waals surface area contributed by atoms with Crippen LogP contribution in [0.5, 0.6) is 0 Å². The molecule has 132 valence electrons. The maximum absolute atomic E-state index is 2.45. The standard InChI is InChI=1S/C25H23N2/c1-18-12-13-23(19(2)16-18)27-24(21-9-4-3-5-10-21)17-26-15-14-20-8-6-7-11-22(20)25(26)27/h3-13,16-17H,14-15H2,1-2H3/q+1. The van der Waals surface area contributed by atoms with Crippen molar-refractivity contribution in [3.63, 3.8) is 0 Å². The molecule has 1 aromatic heterocycles. The summed E-state index contributed by atoms with van der Waals surface area (Å²) in [6.07, 6.45) is 3.40. The van der Waals surface area contributed by atoms with Crippen LogP contribution < -0.4 is 4.57 Å². The summed E-state index contributed by atoms with van der Waals surface area (Å²) in [7, 11) is 0. The molecule has 27 heavy (non-hydrogen) atoms. The SMILES string of the molecule is Cc1ccc(-n2c(-c3ccccc3)c[n+]3c2-c2ccccc2CC3)c(C)c1. The minimum absolute atomic E-state index is 1.02. The van der Waals surface area contributed by atoms with E-state index in [1.54, 1.807) is 0 Å². The summed E-state index contributed by atoms with van der Waals surface area (Å²) in [5, 5.41) is 0. The minimum Gasteiger partial charge on any atom is -0.229 e. The van der Waals surface area contributed by atoms with E-state index in [2.05, 4.69) is 102 Å². The molecule has 0 fully saturated rings. The number of aryl methyl sites for hydroxylation is 4. The number of nitrogens with zero attached hydrogens (tertiary/aromatic N) is 2. The Morgan fingerprint density at radius 1 is 0.852 bits per heavy atom. The van der Waals surface area contributed by atoms with Crippen LogP contribution in [0.25, 0.3) is 28.3 Å². The third-order valence-electron chi connectivity index (χ3n) is 5.55. The zero-order valence-electron chi connectivity index (χ0n) is 15.8. The molecule has 1 aliphatic rings. The van der Waals surface area contributed by atoms with Crippen LogP contribution in [-0.2, 0) is 13.0 Å². The van der Waals surface area contributed by atoms with E-state index < -0.39 is 0 Å². The predicted molar refractivity (Wildman–Crippen MR) is 110 cm³/mol. The van der Waals surface area contributed by atoms with Crippen molar-refractivity contribution in [2.24, 2.45) is 0 Å². The van der Waals surface area contributed by atoms with Crippen molar-refractivity contribution in [1.29, 1.82) is 0 Å². The molecule has 3 aromatic carbocycles. The van der Waals surface area contributed by atoms with E-state index in [1.807, 2.05) is 0 Å². The van der Waals surface area contributed by atoms with Gasteiger partial charge in [0.15, 0.2) is 5.69 Å². The van der Waals surface area contributed by atoms with E-state index in [-0.39, 0.29) is 0 Å². The van der Waals surface area contributed by atoms with Crippen molar-refractivity contribution in [1.82, 2.24) is 4.57 Å². The van der Waals surface area contributed by atoms with Crippen LogP contribution in [0.15, 0.2) is 79.0 Å². The number of hydrogen-bond acceptors (Lipinski definition) is 0. The second-order valence-corrected chi connectivity index (χ2v) is 7.43. The number of benzene rings is 3. The second kappa shape index (κ2) is 6.24. The van der Waals surface area contributed by atoms with Crippen molar-refractivity contribution >= 4 is 0 Å². The number of fused-ring (bicyclic) bond motifs is 3. The summed E-state index contributed by atoms with van der Waals surface area (Å²) in [5.74, 6) is 1.28. The summed E-state index contributed by atoms with van der Waals surface area (Å²) < 4.78 is 4.87. The highest BCUT2D eigenvalue weighted by molar-refractivity contribution is 5.70. The Balaban J connectivity index is 1.86. The van der Waals surface area contributed by atoms with E-state index in [9.17, 15) is 0 Å². The van der Waals surface area contributed by atoms with Gasteiger partial charge in [-0.25, -0.2) is 4.57 Å². The molecule has 0 aliphatic carbocycles. The monoisotopic (exact) mass is 351 g/mol. The van der Waals surface area contributed by atoms with Crippen LogP contribution in [0, 0.1) is 13.8 Å². The summed E-state index contributed by atoms with van der Waals surface area (Å²) in [6, 6.07) is 26.3. The molecule has 0 unspecified atom stereocenters. The number of aromatic nitrogens is 2. The van der Waals surface area contributed by atoms with Crippen molar-refractivity contribution in [3.05, 3.63) is 95.7 Å². The van der Waals surface area contributed by atoms with E-state index in [4.69, 9.17) is 0 Å². The zero-order valence-corrected chi connectivity index (χ0v) is 15.8. The molecule has 5 rings (SSSR count). The smallest absolute Gasteiger partial charge is 0.229 e. The van der Waals surface area contributed by atoms with Gasteiger partial charge in [0, 0.05) is 12.0 Å². The average molecular weight is 351 g/mol. The fraction of sp³-hybridized carbons (Fsp3) is 0.160. The highest BCUT2D eigenvalue weighted by Gasteiger charge is 2.32. The third kappa shape index (κ3) is 2.60. The lowest BCUT2D eigenvalue weighted by Crippen LogP contribution is -2.38. The molecule has 0 spiro atoms. The van der Waals surface area contributed by atoms with E-state index >= 15 is 0 Å². The predicted octanol–water partition coefficient (Wildman–Crippen LogP) is 5.27. The van der Waals surface area contributed by atoms with Crippen molar-refractivity contribution < 1.29 is 4.57 Å². The average Bonchev–Trinajstić information content (AvgIpc) is 3.09. The quantitative estimate of drug-likeness (QED) is 0.435. The van der Waals surface area contributed by atoms with Crippen LogP contribution >= 0.6 is 0 Å². The van der Waals surface area contributed by atoms with E-state index in [0.29, 0.717) is 0 Å². The lowest BCUT2D eigenvalue weighted by molar-refractivity contribution is -0.686. The molecule has 4 aromatic rings. The highest BCUT2D eigenvalue weighted by Crippen LogP contribution is 2.34. The molecule has 0 saturated heterocycles. The summed E-state index contributed by atoms with van der Waals surface area (Å²) in [6.45, 7) is 5.39. The van der Waals surface area contributed by atoms with Gasteiger partial charge in [-0.1, -0.05) is 66.2 Å². The molecule has 0 N–H and O–H groups in total. The van der Waals surface area contributed by atoms with Gasteiger partial charge in [-0.15, -0.1) is 0 Å². The van der Waals surface area contributed by atoms with Gasteiger partial charge in [-0.2, -0.15) is 4.57 Å². The molecule has 0 bridgehead atoms. The molecule has 2 heterocycles. The Morgan fingerprint density at radius 3 is 2.44 bits per heavy atom. The van der Waals surface area contributed by atoms with E-state index in [0.717, 1.165) is 13.0 Å². The van der Waals surface area contributed by atoms with Gasteiger partial charge >= 0.3 is 0 Å². The van der Waals surface area contributed by atoms with Gasteiger partial charge in [0.25, 0.3) is 5.82 Å². The molecule has 0 radical (unpaired) electrons. The first-order valence-electron chi connectivity index (χ1n) is 9.59.